The normalized spacial score (nSPS) is 17.0. The zero-order chi connectivity index (χ0) is 16.9. The van der Waals surface area contributed by atoms with E-state index < -0.39 is 6.04 Å². The number of benzene rings is 2. The Balaban J connectivity index is 1.53. The molecule has 3 amide bonds. The summed E-state index contributed by atoms with van der Waals surface area (Å²) in [4.78, 5) is 25.6. The molecule has 0 spiro atoms. The van der Waals surface area contributed by atoms with Gasteiger partial charge in [-0.05, 0) is 29.8 Å². The quantitative estimate of drug-likeness (QED) is 0.773. The van der Waals surface area contributed by atoms with Crippen LogP contribution in [0.15, 0.2) is 59.1 Å². The highest BCUT2D eigenvalue weighted by molar-refractivity contribution is 9.10. The average Bonchev–Trinajstić information content (AvgIpc) is 2.85. The highest BCUT2D eigenvalue weighted by atomic mass is 79.9. The maximum absolute atomic E-state index is 12.4. The summed E-state index contributed by atoms with van der Waals surface area (Å²) in [5.41, 5.74) is 1.02. The van der Waals surface area contributed by atoms with Crippen LogP contribution in [0.25, 0.3) is 0 Å². The Labute approximate surface area is 148 Å². The maximum atomic E-state index is 12.4. The van der Waals surface area contributed by atoms with Crippen molar-refractivity contribution in [3.8, 4) is 5.75 Å². The van der Waals surface area contributed by atoms with Crippen LogP contribution in [0.3, 0.4) is 0 Å². The van der Waals surface area contributed by atoms with Gasteiger partial charge in [0.05, 0.1) is 6.54 Å². The number of ether oxygens (including phenoxy) is 1. The molecule has 0 aliphatic carbocycles. The van der Waals surface area contributed by atoms with E-state index in [-0.39, 0.29) is 25.1 Å². The largest absolute Gasteiger partial charge is 0.492 e. The van der Waals surface area contributed by atoms with E-state index in [4.69, 9.17) is 4.74 Å². The second-order valence-electron chi connectivity index (χ2n) is 5.48. The highest BCUT2D eigenvalue weighted by Crippen LogP contribution is 2.16. The van der Waals surface area contributed by atoms with Crippen LogP contribution in [0, 0.1) is 0 Å². The Morgan fingerprint density at radius 3 is 2.46 bits per heavy atom. The first-order valence-electron chi connectivity index (χ1n) is 7.67. The number of urea groups is 1. The first-order chi connectivity index (χ1) is 11.6. The molecule has 0 radical (unpaired) electrons. The van der Waals surface area contributed by atoms with Crippen LogP contribution in [0.2, 0.25) is 0 Å². The van der Waals surface area contributed by atoms with Crippen molar-refractivity contribution >= 4 is 27.9 Å². The van der Waals surface area contributed by atoms with Gasteiger partial charge in [0, 0.05) is 10.9 Å². The molecule has 0 bridgehead atoms. The van der Waals surface area contributed by atoms with Gasteiger partial charge in [-0.25, -0.2) is 4.79 Å². The van der Waals surface area contributed by atoms with Crippen molar-refractivity contribution in [2.24, 2.45) is 0 Å². The van der Waals surface area contributed by atoms with E-state index in [9.17, 15) is 9.59 Å². The van der Waals surface area contributed by atoms with Gasteiger partial charge in [-0.15, -0.1) is 0 Å². The summed E-state index contributed by atoms with van der Waals surface area (Å²) in [7, 11) is 0. The fourth-order valence-corrected chi connectivity index (χ4v) is 2.83. The van der Waals surface area contributed by atoms with Gasteiger partial charge in [-0.3, -0.25) is 9.69 Å². The minimum absolute atomic E-state index is 0.205. The van der Waals surface area contributed by atoms with Crippen LogP contribution in [0.5, 0.6) is 5.75 Å². The second kappa shape index (κ2) is 7.49. The SMILES string of the molecule is O=C1N[C@@H](Cc2ccccc2)C(=O)N1CCOc1ccc(Br)cc1. The van der Waals surface area contributed by atoms with Crippen LogP contribution >= 0.6 is 15.9 Å². The number of nitrogens with one attached hydrogen (secondary N) is 1. The fourth-order valence-electron chi connectivity index (χ4n) is 2.56. The fraction of sp³-hybridized carbons (Fsp3) is 0.222. The van der Waals surface area contributed by atoms with Crippen molar-refractivity contribution in [3.63, 3.8) is 0 Å². The summed E-state index contributed by atoms with van der Waals surface area (Å²) >= 11 is 3.36. The van der Waals surface area contributed by atoms with Gasteiger partial charge in [0.1, 0.15) is 18.4 Å². The van der Waals surface area contributed by atoms with E-state index in [0.29, 0.717) is 12.2 Å². The number of nitrogens with zero attached hydrogens (tertiary/aromatic N) is 1. The molecule has 1 saturated heterocycles. The summed E-state index contributed by atoms with van der Waals surface area (Å²) in [6.07, 6.45) is 0.496. The van der Waals surface area contributed by atoms with Crippen LogP contribution in [-0.4, -0.2) is 36.0 Å². The van der Waals surface area contributed by atoms with Crippen molar-refractivity contribution in [1.82, 2.24) is 10.2 Å². The van der Waals surface area contributed by atoms with Gasteiger partial charge in [0.25, 0.3) is 5.91 Å². The van der Waals surface area contributed by atoms with Crippen molar-refractivity contribution in [3.05, 3.63) is 64.6 Å². The molecule has 124 valence electrons. The number of carbonyl (C=O) groups is 2. The molecular formula is C18H17BrN2O3. The standard InChI is InChI=1S/C18H17BrN2O3/c19-14-6-8-15(9-7-14)24-11-10-21-17(22)16(20-18(21)23)12-13-4-2-1-3-5-13/h1-9,16H,10-12H2,(H,20,23)/t16-/m0/s1. The van der Waals surface area contributed by atoms with Gasteiger partial charge in [0.15, 0.2) is 0 Å². The Hall–Kier alpha value is -2.34. The lowest BCUT2D eigenvalue weighted by Crippen LogP contribution is -2.35. The lowest BCUT2D eigenvalue weighted by Gasteiger charge is -2.14. The topological polar surface area (TPSA) is 58.6 Å². The van der Waals surface area contributed by atoms with E-state index in [1.165, 1.54) is 4.90 Å². The molecule has 1 aliphatic rings. The molecule has 0 saturated carbocycles. The molecule has 1 fully saturated rings. The number of carbonyl (C=O) groups excluding carboxylic acids is 2. The molecule has 1 aliphatic heterocycles. The zero-order valence-corrected chi connectivity index (χ0v) is 14.5. The summed E-state index contributed by atoms with van der Waals surface area (Å²) in [5, 5.41) is 2.73. The molecule has 1 heterocycles. The lowest BCUT2D eigenvalue weighted by atomic mass is 10.1. The average molecular weight is 389 g/mol. The number of halogens is 1. The molecule has 5 nitrogen and oxygen atoms in total. The highest BCUT2D eigenvalue weighted by Gasteiger charge is 2.37. The molecule has 0 aromatic heterocycles. The van der Waals surface area contributed by atoms with E-state index >= 15 is 0 Å². The lowest BCUT2D eigenvalue weighted by molar-refractivity contribution is -0.127. The predicted molar refractivity (Wildman–Crippen MR) is 93.8 cm³/mol. The number of imide groups is 1. The Bertz CT molecular complexity index is 719. The molecule has 2 aromatic rings. The van der Waals surface area contributed by atoms with E-state index in [0.717, 1.165) is 10.0 Å². The van der Waals surface area contributed by atoms with Crippen molar-refractivity contribution in [2.75, 3.05) is 13.2 Å². The molecule has 3 rings (SSSR count). The van der Waals surface area contributed by atoms with Gasteiger partial charge in [-0.2, -0.15) is 0 Å². The van der Waals surface area contributed by atoms with Crippen LogP contribution < -0.4 is 10.1 Å². The predicted octanol–water partition coefficient (Wildman–Crippen LogP) is 2.99. The van der Waals surface area contributed by atoms with E-state index in [2.05, 4.69) is 21.2 Å². The Kier molecular flexibility index (Phi) is 5.15. The Morgan fingerprint density at radius 1 is 1.04 bits per heavy atom. The van der Waals surface area contributed by atoms with Crippen molar-refractivity contribution in [1.29, 1.82) is 0 Å². The number of rotatable bonds is 6. The van der Waals surface area contributed by atoms with Crippen LogP contribution in [-0.2, 0) is 11.2 Å². The van der Waals surface area contributed by atoms with Crippen molar-refractivity contribution in [2.45, 2.75) is 12.5 Å². The van der Waals surface area contributed by atoms with Crippen LogP contribution in [0.1, 0.15) is 5.56 Å². The molecule has 6 heteroatoms. The minimum Gasteiger partial charge on any atom is -0.492 e. The molecule has 2 aromatic carbocycles. The first kappa shape index (κ1) is 16.5. The zero-order valence-electron chi connectivity index (χ0n) is 12.9. The summed E-state index contributed by atoms with van der Waals surface area (Å²) in [6.45, 7) is 0.491. The van der Waals surface area contributed by atoms with Gasteiger partial charge < -0.3 is 10.1 Å². The first-order valence-corrected chi connectivity index (χ1v) is 8.47. The molecule has 1 N–H and O–H groups in total. The number of hydrogen-bond donors (Lipinski definition) is 1. The third kappa shape index (κ3) is 3.94. The van der Waals surface area contributed by atoms with E-state index in [1.807, 2.05) is 54.6 Å². The summed E-state index contributed by atoms with van der Waals surface area (Å²) < 4.78 is 6.54. The summed E-state index contributed by atoms with van der Waals surface area (Å²) in [5.74, 6) is 0.495. The van der Waals surface area contributed by atoms with Gasteiger partial charge in [0.2, 0.25) is 0 Å². The second-order valence-corrected chi connectivity index (χ2v) is 6.40. The third-order valence-electron chi connectivity index (χ3n) is 3.79. The molecule has 1 atom stereocenters. The van der Waals surface area contributed by atoms with Gasteiger partial charge >= 0.3 is 6.03 Å². The van der Waals surface area contributed by atoms with Crippen LogP contribution in [0.4, 0.5) is 4.79 Å². The monoisotopic (exact) mass is 388 g/mol. The van der Waals surface area contributed by atoms with E-state index in [1.54, 1.807) is 0 Å². The maximum Gasteiger partial charge on any atom is 0.324 e. The summed E-state index contributed by atoms with van der Waals surface area (Å²) in [6, 6.07) is 16.2. The van der Waals surface area contributed by atoms with Gasteiger partial charge in [-0.1, -0.05) is 46.3 Å². The molecular weight excluding hydrogens is 372 g/mol. The number of amides is 3. The smallest absolute Gasteiger partial charge is 0.324 e. The number of hydrogen-bond acceptors (Lipinski definition) is 3. The Morgan fingerprint density at radius 2 is 1.75 bits per heavy atom. The molecule has 24 heavy (non-hydrogen) atoms. The minimum atomic E-state index is -0.507. The van der Waals surface area contributed by atoms with Crippen molar-refractivity contribution < 1.29 is 14.3 Å². The third-order valence-corrected chi connectivity index (χ3v) is 4.32. The molecule has 0 unspecified atom stereocenters.